The molecule has 4 aromatic rings. The van der Waals surface area contributed by atoms with Gasteiger partial charge in [-0.1, -0.05) is 12.1 Å². The van der Waals surface area contributed by atoms with Gasteiger partial charge in [-0.2, -0.15) is 5.10 Å². The number of aromatic nitrogens is 3. The van der Waals surface area contributed by atoms with Crippen molar-refractivity contribution in [2.24, 2.45) is 0 Å². The fraction of sp³-hybridized carbons (Fsp3) is 0. The molecule has 0 aliphatic rings. The SMILES string of the molecule is O=C(O)c1cc(-c2ccc(F)cc2)nc2c1cnn2-c1ccccc1F. The summed E-state index contributed by atoms with van der Waals surface area (Å²) in [6.07, 6.45) is 1.34. The summed E-state index contributed by atoms with van der Waals surface area (Å²) in [7, 11) is 0. The van der Waals surface area contributed by atoms with Crippen molar-refractivity contribution in [2.45, 2.75) is 0 Å². The van der Waals surface area contributed by atoms with Crippen LogP contribution in [0.3, 0.4) is 0 Å². The van der Waals surface area contributed by atoms with E-state index in [4.69, 9.17) is 0 Å². The number of fused-ring (bicyclic) bond motifs is 1. The van der Waals surface area contributed by atoms with Crippen LogP contribution in [0.15, 0.2) is 60.8 Å². The first-order valence-electron chi connectivity index (χ1n) is 7.67. The standard InChI is InChI=1S/C19H11F2N3O2/c20-12-7-5-11(6-8-12)16-9-13(19(25)26)14-10-22-24(18(14)23-16)17-4-2-1-3-15(17)21/h1-10H,(H,25,26). The first-order valence-corrected chi connectivity index (χ1v) is 7.67. The zero-order valence-corrected chi connectivity index (χ0v) is 13.2. The molecular weight excluding hydrogens is 340 g/mol. The van der Waals surface area contributed by atoms with Gasteiger partial charge < -0.3 is 5.11 Å². The fourth-order valence-corrected chi connectivity index (χ4v) is 2.75. The van der Waals surface area contributed by atoms with Crippen LogP contribution >= 0.6 is 0 Å². The summed E-state index contributed by atoms with van der Waals surface area (Å²) < 4.78 is 28.6. The van der Waals surface area contributed by atoms with E-state index in [1.54, 1.807) is 12.1 Å². The Morgan fingerprint density at radius 3 is 2.46 bits per heavy atom. The largest absolute Gasteiger partial charge is 0.478 e. The molecule has 2 heterocycles. The molecule has 0 atom stereocenters. The minimum atomic E-state index is -1.16. The van der Waals surface area contributed by atoms with Gasteiger partial charge in [0.15, 0.2) is 5.65 Å². The number of aromatic carboxylic acids is 1. The minimum Gasteiger partial charge on any atom is -0.478 e. The lowest BCUT2D eigenvalue weighted by atomic mass is 10.1. The molecule has 0 saturated carbocycles. The van der Waals surface area contributed by atoms with Gasteiger partial charge in [-0.05, 0) is 42.5 Å². The number of rotatable bonds is 3. The maximum Gasteiger partial charge on any atom is 0.336 e. The van der Waals surface area contributed by atoms with E-state index in [2.05, 4.69) is 10.1 Å². The van der Waals surface area contributed by atoms with E-state index in [-0.39, 0.29) is 22.3 Å². The summed E-state index contributed by atoms with van der Waals surface area (Å²) in [5.74, 6) is -2.08. The third-order valence-electron chi connectivity index (χ3n) is 3.99. The minimum absolute atomic E-state index is 0.0167. The molecule has 4 rings (SSSR count). The van der Waals surface area contributed by atoms with E-state index < -0.39 is 17.6 Å². The summed E-state index contributed by atoms with van der Waals surface area (Å²) in [4.78, 5) is 16.1. The Kier molecular flexibility index (Phi) is 3.69. The van der Waals surface area contributed by atoms with Gasteiger partial charge in [-0.3, -0.25) is 0 Å². The van der Waals surface area contributed by atoms with E-state index in [1.807, 2.05) is 0 Å². The van der Waals surface area contributed by atoms with Crippen molar-refractivity contribution in [3.63, 3.8) is 0 Å². The molecule has 2 aromatic heterocycles. The molecule has 128 valence electrons. The lowest BCUT2D eigenvalue weighted by molar-refractivity contribution is 0.0699. The molecule has 0 radical (unpaired) electrons. The Hall–Kier alpha value is -3.61. The number of para-hydroxylation sites is 1. The molecule has 26 heavy (non-hydrogen) atoms. The van der Waals surface area contributed by atoms with Crippen molar-refractivity contribution >= 4 is 17.0 Å². The molecule has 0 saturated heterocycles. The summed E-state index contributed by atoms with van der Waals surface area (Å²) in [6, 6.07) is 12.9. The van der Waals surface area contributed by atoms with Gasteiger partial charge in [0, 0.05) is 5.56 Å². The third kappa shape index (κ3) is 2.59. The number of benzene rings is 2. The van der Waals surface area contributed by atoms with Crippen molar-refractivity contribution in [3.8, 4) is 16.9 Å². The highest BCUT2D eigenvalue weighted by molar-refractivity contribution is 6.03. The molecule has 7 heteroatoms. The number of carboxylic acid groups (broad SMARTS) is 1. The van der Waals surface area contributed by atoms with Gasteiger partial charge >= 0.3 is 5.97 Å². The second-order valence-electron chi connectivity index (χ2n) is 5.61. The molecule has 0 aliphatic heterocycles. The second kappa shape index (κ2) is 6.03. The molecule has 0 aliphatic carbocycles. The third-order valence-corrected chi connectivity index (χ3v) is 3.99. The molecule has 0 amide bonds. The van der Waals surface area contributed by atoms with Crippen LogP contribution < -0.4 is 0 Å². The fourth-order valence-electron chi connectivity index (χ4n) is 2.75. The van der Waals surface area contributed by atoms with Crippen molar-refractivity contribution in [1.29, 1.82) is 0 Å². The van der Waals surface area contributed by atoms with Crippen molar-refractivity contribution in [1.82, 2.24) is 14.8 Å². The number of pyridine rings is 1. The van der Waals surface area contributed by atoms with Gasteiger partial charge in [0.05, 0.1) is 22.8 Å². The molecule has 1 N–H and O–H groups in total. The van der Waals surface area contributed by atoms with Crippen molar-refractivity contribution in [3.05, 3.63) is 78.0 Å². The highest BCUT2D eigenvalue weighted by Crippen LogP contribution is 2.27. The average molecular weight is 351 g/mol. The summed E-state index contributed by atoms with van der Waals surface area (Å²) >= 11 is 0. The van der Waals surface area contributed by atoms with Gasteiger partial charge in [0.1, 0.15) is 17.3 Å². The Balaban J connectivity index is 2.01. The molecule has 0 bridgehead atoms. The number of hydrogen-bond donors (Lipinski definition) is 1. The quantitative estimate of drug-likeness (QED) is 0.604. The summed E-state index contributed by atoms with van der Waals surface area (Å²) in [6.45, 7) is 0. The molecule has 2 aromatic carbocycles. The highest BCUT2D eigenvalue weighted by atomic mass is 19.1. The van der Waals surface area contributed by atoms with Crippen molar-refractivity contribution < 1.29 is 18.7 Å². The van der Waals surface area contributed by atoms with Crippen LogP contribution in [-0.2, 0) is 0 Å². The van der Waals surface area contributed by atoms with Crippen LogP contribution in [0.2, 0.25) is 0 Å². The molecule has 0 unspecified atom stereocenters. The van der Waals surface area contributed by atoms with Gasteiger partial charge in [-0.25, -0.2) is 23.2 Å². The van der Waals surface area contributed by atoms with Crippen LogP contribution in [0, 0.1) is 11.6 Å². The normalized spacial score (nSPS) is 11.0. The number of carbonyl (C=O) groups is 1. The Morgan fingerprint density at radius 2 is 1.77 bits per heavy atom. The van der Waals surface area contributed by atoms with E-state index >= 15 is 0 Å². The van der Waals surface area contributed by atoms with Gasteiger partial charge in [0.25, 0.3) is 0 Å². The lowest BCUT2D eigenvalue weighted by Crippen LogP contribution is -2.03. The molecular formula is C19H11F2N3O2. The summed E-state index contributed by atoms with van der Waals surface area (Å²) in [5, 5.41) is 13.9. The predicted molar refractivity (Wildman–Crippen MR) is 91.2 cm³/mol. The zero-order chi connectivity index (χ0) is 18.3. The van der Waals surface area contributed by atoms with E-state index in [0.29, 0.717) is 11.3 Å². The van der Waals surface area contributed by atoms with Gasteiger partial charge in [-0.15, -0.1) is 0 Å². The van der Waals surface area contributed by atoms with Crippen molar-refractivity contribution in [2.75, 3.05) is 0 Å². The number of hydrogen-bond acceptors (Lipinski definition) is 3. The smallest absolute Gasteiger partial charge is 0.336 e. The van der Waals surface area contributed by atoms with Crippen LogP contribution in [0.25, 0.3) is 28.0 Å². The Bertz CT molecular complexity index is 1140. The Labute approximate surface area is 146 Å². The first-order chi connectivity index (χ1) is 12.5. The maximum absolute atomic E-state index is 14.2. The maximum atomic E-state index is 14.2. The topological polar surface area (TPSA) is 68.0 Å². The van der Waals surface area contributed by atoms with Crippen LogP contribution in [-0.4, -0.2) is 25.8 Å². The van der Waals surface area contributed by atoms with E-state index in [9.17, 15) is 18.7 Å². The van der Waals surface area contributed by atoms with Crippen LogP contribution in [0.5, 0.6) is 0 Å². The highest BCUT2D eigenvalue weighted by Gasteiger charge is 2.18. The van der Waals surface area contributed by atoms with E-state index in [0.717, 1.165) is 0 Å². The van der Waals surface area contributed by atoms with E-state index in [1.165, 1.54) is 53.3 Å². The Morgan fingerprint density at radius 1 is 1.04 bits per heavy atom. The monoisotopic (exact) mass is 351 g/mol. The number of nitrogens with zero attached hydrogens (tertiary/aromatic N) is 3. The number of carboxylic acids is 1. The predicted octanol–water partition coefficient (Wildman–Crippen LogP) is 4.06. The number of halogens is 2. The summed E-state index contributed by atoms with van der Waals surface area (Å²) in [5.41, 5.74) is 1.21. The van der Waals surface area contributed by atoms with Gasteiger partial charge in [0.2, 0.25) is 0 Å². The zero-order valence-electron chi connectivity index (χ0n) is 13.2. The average Bonchev–Trinajstić information content (AvgIpc) is 3.05. The lowest BCUT2D eigenvalue weighted by Gasteiger charge is -2.08. The van der Waals surface area contributed by atoms with Crippen LogP contribution in [0.4, 0.5) is 8.78 Å². The molecule has 0 spiro atoms. The van der Waals surface area contributed by atoms with Crippen LogP contribution in [0.1, 0.15) is 10.4 Å². The second-order valence-corrected chi connectivity index (χ2v) is 5.61. The molecule has 0 fully saturated rings. The first kappa shape index (κ1) is 15.9. The molecule has 5 nitrogen and oxygen atoms in total.